The summed E-state index contributed by atoms with van der Waals surface area (Å²) in [6, 6.07) is 2.88. The first-order valence-electron chi connectivity index (χ1n) is 4.64. The fraction of sp³-hybridized carbons (Fsp3) is 0.455. The van der Waals surface area contributed by atoms with Crippen LogP contribution in [-0.4, -0.2) is 21.4 Å². The second-order valence-corrected chi connectivity index (χ2v) is 3.71. The minimum Gasteiger partial charge on any atom is -0.508 e. The number of aliphatic hydroxyl groups is 1. The van der Waals surface area contributed by atoms with Crippen LogP contribution in [0.3, 0.4) is 0 Å². The zero-order valence-electron chi connectivity index (χ0n) is 8.65. The van der Waals surface area contributed by atoms with Crippen LogP contribution in [0.1, 0.15) is 30.9 Å². The summed E-state index contributed by atoms with van der Waals surface area (Å²) < 4.78 is 0. The zero-order chi connectivity index (χ0) is 10.9. The van der Waals surface area contributed by atoms with Gasteiger partial charge in [-0.05, 0) is 31.0 Å². The molecule has 0 aliphatic rings. The van der Waals surface area contributed by atoms with Crippen LogP contribution in [0.25, 0.3) is 0 Å². The molecule has 1 aromatic carbocycles. The molecule has 0 radical (unpaired) electrons. The number of benzene rings is 1. The molecule has 0 saturated heterocycles. The summed E-state index contributed by atoms with van der Waals surface area (Å²) in [4.78, 5) is 0. The van der Waals surface area contributed by atoms with E-state index in [-0.39, 0.29) is 17.4 Å². The number of phenolic OH excluding ortho intramolecular Hbond substituents is 2. The van der Waals surface area contributed by atoms with Crippen molar-refractivity contribution in [1.29, 1.82) is 0 Å². The quantitative estimate of drug-likeness (QED) is 0.677. The van der Waals surface area contributed by atoms with Crippen LogP contribution in [0.4, 0.5) is 0 Å². The average molecular weight is 196 g/mol. The van der Waals surface area contributed by atoms with Crippen molar-refractivity contribution in [3.8, 4) is 11.5 Å². The Labute approximate surface area is 83.6 Å². The van der Waals surface area contributed by atoms with Gasteiger partial charge in [-0.2, -0.15) is 0 Å². The van der Waals surface area contributed by atoms with Crippen molar-refractivity contribution in [1.82, 2.24) is 0 Å². The number of rotatable bonds is 2. The Morgan fingerprint density at radius 2 is 1.71 bits per heavy atom. The van der Waals surface area contributed by atoms with Crippen LogP contribution in [0.15, 0.2) is 12.1 Å². The highest BCUT2D eigenvalue weighted by atomic mass is 16.3. The van der Waals surface area contributed by atoms with Gasteiger partial charge < -0.3 is 15.3 Å². The van der Waals surface area contributed by atoms with E-state index in [2.05, 4.69) is 0 Å². The van der Waals surface area contributed by atoms with Crippen LogP contribution in [0, 0.1) is 6.92 Å². The maximum atomic E-state index is 9.47. The molecule has 0 unspecified atom stereocenters. The van der Waals surface area contributed by atoms with E-state index in [0.29, 0.717) is 5.56 Å². The molecule has 78 valence electrons. The molecular formula is C11H16O3. The van der Waals surface area contributed by atoms with Crippen molar-refractivity contribution in [2.45, 2.75) is 32.8 Å². The monoisotopic (exact) mass is 196 g/mol. The third-order valence-corrected chi connectivity index (χ3v) is 2.62. The number of hydrogen-bond acceptors (Lipinski definition) is 3. The maximum absolute atomic E-state index is 9.47. The fourth-order valence-electron chi connectivity index (χ4n) is 1.44. The predicted molar refractivity (Wildman–Crippen MR) is 54.6 cm³/mol. The van der Waals surface area contributed by atoms with Crippen molar-refractivity contribution in [2.24, 2.45) is 0 Å². The lowest BCUT2D eigenvalue weighted by molar-refractivity contribution is 0.168. The Kier molecular flexibility index (Phi) is 3.01. The second-order valence-electron chi connectivity index (χ2n) is 3.71. The minimum atomic E-state index is -0.505. The Bertz CT molecular complexity index is 332. The molecule has 0 amide bonds. The van der Waals surface area contributed by atoms with Gasteiger partial charge in [0.25, 0.3) is 0 Å². The van der Waals surface area contributed by atoms with Crippen LogP contribution < -0.4 is 0 Å². The van der Waals surface area contributed by atoms with E-state index in [1.807, 2.05) is 6.92 Å². The Hall–Kier alpha value is -1.22. The van der Waals surface area contributed by atoms with Gasteiger partial charge in [0, 0.05) is 12.0 Å². The molecule has 1 aromatic rings. The molecule has 2 atom stereocenters. The van der Waals surface area contributed by atoms with Gasteiger partial charge in [-0.3, -0.25) is 0 Å². The lowest BCUT2D eigenvalue weighted by Crippen LogP contribution is -2.12. The summed E-state index contributed by atoms with van der Waals surface area (Å²) >= 11 is 0. The van der Waals surface area contributed by atoms with E-state index in [4.69, 9.17) is 0 Å². The van der Waals surface area contributed by atoms with E-state index in [0.717, 1.165) is 5.56 Å². The van der Waals surface area contributed by atoms with Gasteiger partial charge in [-0.15, -0.1) is 0 Å². The zero-order valence-corrected chi connectivity index (χ0v) is 8.65. The highest BCUT2D eigenvalue weighted by molar-refractivity contribution is 5.46. The molecule has 0 aromatic heterocycles. The Morgan fingerprint density at radius 1 is 1.14 bits per heavy atom. The van der Waals surface area contributed by atoms with Crippen LogP contribution in [0.2, 0.25) is 0 Å². The van der Waals surface area contributed by atoms with Gasteiger partial charge in [0.1, 0.15) is 11.5 Å². The first kappa shape index (κ1) is 10.9. The van der Waals surface area contributed by atoms with Crippen molar-refractivity contribution in [2.75, 3.05) is 0 Å². The smallest absolute Gasteiger partial charge is 0.122 e. The fourth-order valence-corrected chi connectivity index (χ4v) is 1.44. The lowest BCUT2D eigenvalue weighted by Gasteiger charge is -2.18. The van der Waals surface area contributed by atoms with Gasteiger partial charge in [0.05, 0.1) is 6.10 Å². The summed E-state index contributed by atoms with van der Waals surface area (Å²) in [6.07, 6.45) is -0.505. The summed E-state index contributed by atoms with van der Waals surface area (Å²) in [5, 5.41) is 28.2. The molecule has 0 aliphatic heterocycles. The standard InChI is InChI=1S/C11H16O3/c1-6(8(3)12)10-4-9(13)5-11(14)7(10)2/h4-6,8,12-14H,1-3H3/t6-,8-/m0/s1. The normalized spacial score (nSPS) is 15.1. The molecule has 3 N–H and O–H groups in total. The van der Waals surface area contributed by atoms with Crippen LogP contribution in [0.5, 0.6) is 11.5 Å². The summed E-state index contributed by atoms with van der Waals surface area (Å²) in [6.45, 7) is 5.31. The van der Waals surface area contributed by atoms with Gasteiger partial charge >= 0.3 is 0 Å². The molecule has 3 nitrogen and oxygen atoms in total. The van der Waals surface area contributed by atoms with Crippen LogP contribution >= 0.6 is 0 Å². The third-order valence-electron chi connectivity index (χ3n) is 2.62. The molecular weight excluding hydrogens is 180 g/mol. The average Bonchev–Trinajstić information content (AvgIpc) is 2.09. The first-order valence-corrected chi connectivity index (χ1v) is 4.64. The summed E-state index contributed by atoms with van der Waals surface area (Å²) in [5.74, 6) is -0.0175. The second kappa shape index (κ2) is 3.88. The summed E-state index contributed by atoms with van der Waals surface area (Å²) in [5.41, 5.74) is 1.48. The van der Waals surface area contributed by atoms with E-state index < -0.39 is 6.10 Å². The summed E-state index contributed by atoms with van der Waals surface area (Å²) in [7, 11) is 0. The minimum absolute atomic E-state index is 0.0237. The predicted octanol–water partition coefficient (Wildman–Crippen LogP) is 1.89. The van der Waals surface area contributed by atoms with Crippen molar-refractivity contribution in [3.05, 3.63) is 23.3 Å². The highest BCUT2D eigenvalue weighted by Crippen LogP contribution is 2.32. The molecule has 0 saturated carbocycles. The number of hydrogen-bond donors (Lipinski definition) is 3. The Balaban J connectivity index is 3.20. The number of aromatic hydroxyl groups is 2. The molecule has 0 bridgehead atoms. The molecule has 0 spiro atoms. The Morgan fingerprint density at radius 3 is 2.21 bits per heavy atom. The molecule has 0 fully saturated rings. The number of phenols is 2. The van der Waals surface area contributed by atoms with E-state index >= 15 is 0 Å². The van der Waals surface area contributed by atoms with E-state index in [1.165, 1.54) is 6.07 Å². The van der Waals surface area contributed by atoms with Gasteiger partial charge in [0.2, 0.25) is 0 Å². The van der Waals surface area contributed by atoms with Crippen molar-refractivity contribution < 1.29 is 15.3 Å². The van der Waals surface area contributed by atoms with Crippen molar-refractivity contribution >= 4 is 0 Å². The first-order chi connectivity index (χ1) is 6.43. The van der Waals surface area contributed by atoms with E-state index in [9.17, 15) is 15.3 Å². The van der Waals surface area contributed by atoms with Gasteiger partial charge in [-0.25, -0.2) is 0 Å². The SMILES string of the molecule is Cc1c(O)cc(O)cc1[C@@H](C)[C@H](C)O. The largest absolute Gasteiger partial charge is 0.508 e. The van der Waals surface area contributed by atoms with E-state index in [1.54, 1.807) is 19.9 Å². The van der Waals surface area contributed by atoms with Gasteiger partial charge in [-0.1, -0.05) is 6.92 Å². The highest BCUT2D eigenvalue weighted by Gasteiger charge is 2.16. The number of aliphatic hydroxyl groups excluding tert-OH is 1. The molecule has 1 rings (SSSR count). The lowest BCUT2D eigenvalue weighted by atomic mass is 9.92. The van der Waals surface area contributed by atoms with Gasteiger partial charge in [0.15, 0.2) is 0 Å². The van der Waals surface area contributed by atoms with Crippen LogP contribution in [-0.2, 0) is 0 Å². The molecule has 14 heavy (non-hydrogen) atoms. The molecule has 3 heteroatoms. The van der Waals surface area contributed by atoms with Crippen molar-refractivity contribution in [3.63, 3.8) is 0 Å². The topological polar surface area (TPSA) is 60.7 Å². The third kappa shape index (κ3) is 1.99. The maximum Gasteiger partial charge on any atom is 0.122 e. The molecule has 0 aliphatic carbocycles. The molecule has 0 heterocycles.